The number of unbranched alkanes of at least 4 members (excludes halogenated alkanes) is 12. The standard InChI is InChI=1S/C36H62O7/c1-3-5-19-29-31(41-29)21-15-11-7-9-13-17-23-39-35(37)27-25-33-34(43-33)26-28(27)36(38)40-24-18-14-10-8-12-16-22-32-30(42-32)20-6-4-2/h27-34H,3-26H2,1-2H3. The fourth-order valence-electron chi connectivity index (χ4n) is 7.00. The molecule has 0 aromatic carbocycles. The highest BCUT2D eigenvalue weighted by Crippen LogP contribution is 2.44. The van der Waals surface area contributed by atoms with E-state index < -0.39 is 11.8 Å². The van der Waals surface area contributed by atoms with E-state index in [0.29, 0.717) is 50.5 Å². The van der Waals surface area contributed by atoms with Crippen LogP contribution >= 0.6 is 0 Å². The van der Waals surface area contributed by atoms with Crippen LogP contribution in [0.4, 0.5) is 0 Å². The minimum absolute atomic E-state index is 0.110. The van der Waals surface area contributed by atoms with E-state index in [9.17, 15) is 9.59 Å². The lowest BCUT2D eigenvalue weighted by Gasteiger charge is -2.26. The van der Waals surface area contributed by atoms with Crippen molar-refractivity contribution in [1.82, 2.24) is 0 Å². The molecule has 0 aromatic rings. The average molecular weight is 607 g/mol. The van der Waals surface area contributed by atoms with Gasteiger partial charge in [0.2, 0.25) is 0 Å². The molecule has 0 bridgehead atoms. The second kappa shape index (κ2) is 19.4. The van der Waals surface area contributed by atoms with E-state index in [0.717, 1.165) is 25.7 Å². The average Bonchev–Trinajstić information content (AvgIpc) is 3.92. The SMILES string of the molecule is CCCCC1OC1CCCCCCCCOC(=O)C1CC2OC2CC1C(=O)OCCCCCCCCC1OC1CCCC. The summed E-state index contributed by atoms with van der Waals surface area (Å²) in [7, 11) is 0. The van der Waals surface area contributed by atoms with Crippen LogP contribution in [0.3, 0.4) is 0 Å². The second-order valence-corrected chi connectivity index (χ2v) is 13.8. The van der Waals surface area contributed by atoms with E-state index in [4.69, 9.17) is 23.7 Å². The first-order valence-electron chi connectivity index (χ1n) is 18.4. The largest absolute Gasteiger partial charge is 0.465 e. The Labute approximate surface area is 261 Å². The minimum atomic E-state index is -0.431. The number of carbonyl (C=O) groups excluding carboxylic acids is 2. The molecule has 8 atom stereocenters. The van der Waals surface area contributed by atoms with Crippen molar-refractivity contribution in [2.75, 3.05) is 13.2 Å². The van der Waals surface area contributed by atoms with Gasteiger partial charge in [-0.25, -0.2) is 0 Å². The Morgan fingerprint density at radius 3 is 1.23 bits per heavy atom. The highest BCUT2D eigenvalue weighted by Gasteiger charge is 2.53. The van der Waals surface area contributed by atoms with Crippen LogP contribution in [-0.4, -0.2) is 61.8 Å². The number of ether oxygens (including phenoxy) is 5. The molecule has 0 radical (unpaired) electrons. The van der Waals surface area contributed by atoms with Crippen LogP contribution in [0.1, 0.15) is 155 Å². The summed E-state index contributed by atoms with van der Waals surface area (Å²) in [5.74, 6) is -1.35. The van der Waals surface area contributed by atoms with Crippen molar-refractivity contribution in [3.63, 3.8) is 0 Å². The smallest absolute Gasteiger partial charge is 0.309 e. The van der Waals surface area contributed by atoms with Gasteiger partial charge in [-0.15, -0.1) is 0 Å². The Bertz CT molecular complexity index is 738. The number of hydrogen-bond donors (Lipinski definition) is 0. The fourth-order valence-corrected chi connectivity index (χ4v) is 7.00. The van der Waals surface area contributed by atoms with Crippen molar-refractivity contribution in [3.8, 4) is 0 Å². The van der Waals surface area contributed by atoms with Gasteiger partial charge in [0.25, 0.3) is 0 Å². The van der Waals surface area contributed by atoms with Gasteiger partial charge in [0.1, 0.15) is 0 Å². The quantitative estimate of drug-likeness (QED) is 0.0556. The minimum Gasteiger partial charge on any atom is -0.465 e. The third-order valence-electron chi connectivity index (χ3n) is 10.1. The van der Waals surface area contributed by atoms with Gasteiger partial charge in [-0.05, 0) is 51.4 Å². The van der Waals surface area contributed by atoms with Gasteiger partial charge in [-0.1, -0.05) is 104 Å². The van der Waals surface area contributed by atoms with Crippen LogP contribution in [0.2, 0.25) is 0 Å². The molecule has 3 saturated heterocycles. The number of hydrogen-bond acceptors (Lipinski definition) is 7. The van der Waals surface area contributed by atoms with Gasteiger partial charge in [0, 0.05) is 0 Å². The summed E-state index contributed by atoms with van der Waals surface area (Å²) in [6.45, 7) is 5.35. The molecule has 7 nitrogen and oxygen atoms in total. The van der Waals surface area contributed by atoms with Crippen molar-refractivity contribution in [2.24, 2.45) is 11.8 Å². The summed E-state index contributed by atoms with van der Waals surface area (Å²) in [6.07, 6.45) is 27.2. The monoisotopic (exact) mass is 606 g/mol. The normalized spacial score (nSPS) is 30.5. The molecule has 0 spiro atoms. The molecule has 8 unspecified atom stereocenters. The van der Waals surface area contributed by atoms with Crippen LogP contribution in [-0.2, 0) is 33.3 Å². The van der Waals surface area contributed by atoms with Crippen LogP contribution in [0, 0.1) is 11.8 Å². The molecule has 4 fully saturated rings. The van der Waals surface area contributed by atoms with Crippen molar-refractivity contribution in [2.45, 2.75) is 192 Å². The van der Waals surface area contributed by atoms with Gasteiger partial charge in [0.15, 0.2) is 0 Å². The summed E-state index contributed by atoms with van der Waals surface area (Å²) in [6, 6.07) is 0. The van der Waals surface area contributed by atoms with Gasteiger partial charge in [-0.3, -0.25) is 9.59 Å². The number of rotatable bonds is 26. The summed E-state index contributed by atoms with van der Waals surface area (Å²) in [5, 5.41) is 0. The molecule has 248 valence electrons. The predicted octanol–water partition coefficient (Wildman–Crippen LogP) is 8.24. The topological polar surface area (TPSA) is 90.2 Å². The van der Waals surface area contributed by atoms with E-state index in [1.165, 1.54) is 103 Å². The first kappa shape index (κ1) is 34.7. The number of fused-ring (bicyclic) bond motifs is 1. The van der Waals surface area contributed by atoms with Crippen LogP contribution in [0.25, 0.3) is 0 Å². The molecule has 1 saturated carbocycles. The van der Waals surface area contributed by atoms with E-state index >= 15 is 0 Å². The van der Waals surface area contributed by atoms with E-state index in [1.807, 2.05) is 0 Å². The van der Waals surface area contributed by atoms with Crippen molar-refractivity contribution < 1.29 is 33.3 Å². The van der Waals surface area contributed by atoms with Gasteiger partial charge < -0.3 is 23.7 Å². The number of epoxide rings is 3. The Morgan fingerprint density at radius 2 is 0.837 bits per heavy atom. The first-order valence-corrected chi connectivity index (χ1v) is 18.4. The maximum Gasteiger partial charge on any atom is 0.309 e. The maximum atomic E-state index is 12.9. The molecular formula is C36H62O7. The molecule has 0 aromatic heterocycles. The Hall–Kier alpha value is -1.18. The van der Waals surface area contributed by atoms with Crippen LogP contribution in [0.5, 0.6) is 0 Å². The van der Waals surface area contributed by atoms with Crippen molar-refractivity contribution >= 4 is 11.9 Å². The van der Waals surface area contributed by atoms with E-state index in [-0.39, 0.29) is 24.1 Å². The molecule has 0 N–H and O–H groups in total. The highest BCUT2D eigenvalue weighted by molar-refractivity contribution is 5.82. The molecule has 3 aliphatic heterocycles. The molecule has 3 heterocycles. The zero-order valence-corrected chi connectivity index (χ0v) is 27.4. The first-order chi connectivity index (χ1) is 21.1. The van der Waals surface area contributed by atoms with Gasteiger partial charge in [-0.2, -0.15) is 0 Å². The zero-order valence-electron chi connectivity index (χ0n) is 27.4. The lowest BCUT2D eigenvalue weighted by molar-refractivity contribution is -0.162. The number of esters is 2. The lowest BCUT2D eigenvalue weighted by Crippen LogP contribution is -2.37. The van der Waals surface area contributed by atoms with Crippen LogP contribution < -0.4 is 0 Å². The molecule has 43 heavy (non-hydrogen) atoms. The van der Waals surface area contributed by atoms with Crippen LogP contribution in [0.15, 0.2) is 0 Å². The number of carbonyl (C=O) groups is 2. The zero-order chi connectivity index (χ0) is 30.3. The Morgan fingerprint density at radius 1 is 0.488 bits per heavy atom. The third kappa shape index (κ3) is 13.0. The summed E-state index contributed by atoms with van der Waals surface area (Å²) < 4.78 is 28.5. The fraction of sp³-hybridized carbons (Fsp3) is 0.944. The molecule has 4 aliphatic rings. The third-order valence-corrected chi connectivity index (χ3v) is 10.1. The van der Waals surface area contributed by atoms with Crippen molar-refractivity contribution in [3.05, 3.63) is 0 Å². The summed E-state index contributed by atoms with van der Waals surface area (Å²) in [4.78, 5) is 25.8. The molecule has 1 aliphatic carbocycles. The highest BCUT2D eigenvalue weighted by atomic mass is 16.6. The molecular weight excluding hydrogens is 544 g/mol. The van der Waals surface area contributed by atoms with Gasteiger partial charge >= 0.3 is 11.9 Å². The molecule has 4 rings (SSSR count). The summed E-state index contributed by atoms with van der Waals surface area (Å²) >= 11 is 0. The lowest BCUT2D eigenvalue weighted by atomic mass is 9.79. The Kier molecular flexibility index (Phi) is 15.6. The van der Waals surface area contributed by atoms with E-state index in [1.54, 1.807) is 0 Å². The van der Waals surface area contributed by atoms with Gasteiger partial charge in [0.05, 0.1) is 61.7 Å². The van der Waals surface area contributed by atoms with E-state index in [2.05, 4.69) is 13.8 Å². The predicted molar refractivity (Wildman–Crippen MR) is 168 cm³/mol. The molecule has 0 amide bonds. The molecule has 7 heteroatoms. The van der Waals surface area contributed by atoms with Crippen molar-refractivity contribution in [1.29, 1.82) is 0 Å². The Balaban J connectivity index is 0.967. The summed E-state index contributed by atoms with van der Waals surface area (Å²) in [5.41, 5.74) is 0. The maximum absolute atomic E-state index is 12.9. The second-order valence-electron chi connectivity index (χ2n) is 13.8.